The van der Waals surface area contributed by atoms with Crippen molar-refractivity contribution in [1.29, 1.82) is 0 Å². The van der Waals surface area contributed by atoms with Crippen LogP contribution >= 0.6 is 11.6 Å². The van der Waals surface area contributed by atoms with E-state index in [1.54, 1.807) is 24.3 Å². The van der Waals surface area contributed by atoms with Crippen molar-refractivity contribution in [2.45, 2.75) is 19.5 Å². The lowest BCUT2D eigenvalue weighted by atomic mass is 10.2. The summed E-state index contributed by atoms with van der Waals surface area (Å²) in [6.07, 6.45) is -4.44. The molecule has 0 bridgehead atoms. The molecule has 0 saturated carbocycles. The van der Waals surface area contributed by atoms with Crippen molar-refractivity contribution in [2.75, 3.05) is 22.5 Å². The van der Waals surface area contributed by atoms with Gasteiger partial charge in [-0.2, -0.15) is 13.2 Å². The Morgan fingerprint density at radius 3 is 2.15 bits per heavy atom. The van der Waals surface area contributed by atoms with Crippen LogP contribution in [-0.2, 0) is 15.8 Å². The summed E-state index contributed by atoms with van der Waals surface area (Å²) in [6.45, 7) is 1.50. The van der Waals surface area contributed by atoms with Gasteiger partial charge in [0.15, 0.2) is 0 Å². The third-order valence-corrected chi connectivity index (χ3v) is 3.78. The number of halogens is 4. The zero-order chi connectivity index (χ0) is 20.0. The SMILES string of the molecule is CC(=O)Nc1ccc(NC(=O)CCNc2cc(C(F)(F)F)ccc2Cl)cc1. The molecule has 2 rings (SSSR count). The summed E-state index contributed by atoms with van der Waals surface area (Å²) in [7, 11) is 0. The third-order valence-electron chi connectivity index (χ3n) is 3.45. The van der Waals surface area contributed by atoms with E-state index < -0.39 is 11.7 Å². The average molecular weight is 400 g/mol. The van der Waals surface area contributed by atoms with Gasteiger partial charge < -0.3 is 16.0 Å². The molecular weight excluding hydrogens is 383 g/mol. The molecule has 0 saturated heterocycles. The van der Waals surface area contributed by atoms with Crippen LogP contribution < -0.4 is 16.0 Å². The van der Waals surface area contributed by atoms with Gasteiger partial charge in [-0.25, -0.2) is 0 Å². The van der Waals surface area contributed by atoms with E-state index in [1.807, 2.05) is 0 Å². The highest BCUT2D eigenvalue weighted by molar-refractivity contribution is 6.33. The number of carbonyl (C=O) groups excluding carboxylic acids is 2. The van der Waals surface area contributed by atoms with Gasteiger partial charge in [-0.1, -0.05) is 11.6 Å². The Balaban J connectivity index is 1.87. The zero-order valence-electron chi connectivity index (χ0n) is 14.3. The Kier molecular flexibility index (Phi) is 6.68. The van der Waals surface area contributed by atoms with Crippen LogP contribution in [-0.4, -0.2) is 18.4 Å². The lowest BCUT2D eigenvalue weighted by Gasteiger charge is -2.12. The fourth-order valence-corrected chi connectivity index (χ4v) is 2.40. The predicted octanol–water partition coefficient (Wildman–Crippen LogP) is 4.76. The van der Waals surface area contributed by atoms with Crippen LogP contribution in [0.1, 0.15) is 18.9 Å². The molecule has 0 aliphatic heterocycles. The summed E-state index contributed by atoms with van der Waals surface area (Å²) in [5.41, 5.74) is 0.421. The topological polar surface area (TPSA) is 70.2 Å². The first-order valence-electron chi connectivity index (χ1n) is 7.93. The highest BCUT2D eigenvalue weighted by Crippen LogP contribution is 2.33. The quantitative estimate of drug-likeness (QED) is 0.656. The Morgan fingerprint density at radius 2 is 1.59 bits per heavy atom. The van der Waals surface area contributed by atoms with E-state index in [9.17, 15) is 22.8 Å². The van der Waals surface area contributed by atoms with E-state index >= 15 is 0 Å². The first kappa shape index (κ1) is 20.6. The summed E-state index contributed by atoms with van der Waals surface area (Å²) in [4.78, 5) is 22.9. The molecule has 0 fully saturated rings. The maximum absolute atomic E-state index is 12.7. The number of alkyl halides is 3. The standard InChI is InChI=1S/C18H17ClF3N3O2/c1-11(26)24-13-3-5-14(6-4-13)25-17(27)8-9-23-16-10-12(18(20,21)22)2-7-15(16)19/h2-7,10,23H,8-9H2,1H3,(H,24,26)(H,25,27). The highest BCUT2D eigenvalue weighted by Gasteiger charge is 2.30. The number of anilines is 3. The molecule has 2 amide bonds. The summed E-state index contributed by atoms with van der Waals surface area (Å²) in [5.74, 6) is -0.524. The minimum Gasteiger partial charge on any atom is -0.383 e. The van der Waals surface area contributed by atoms with Gasteiger partial charge in [0.25, 0.3) is 0 Å². The molecule has 0 heterocycles. The van der Waals surface area contributed by atoms with Crippen LogP contribution in [0.15, 0.2) is 42.5 Å². The van der Waals surface area contributed by atoms with Crippen LogP contribution in [0, 0.1) is 0 Å². The van der Waals surface area contributed by atoms with Crippen molar-refractivity contribution < 1.29 is 22.8 Å². The van der Waals surface area contributed by atoms with Gasteiger partial charge in [-0.3, -0.25) is 9.59 Å². The summed E-state index contributed by atoms with van der Waals surface area (Å²) >= 11 is 5.88. The maximum atomic E-state index is 12.7. The Bertz CT molecular complexity index is 824. The molecule has 0 atom stereocenters. The zero-order valence-corrected chi connectivity index (χ0v) is 15.0. The number of benzene rings is 2. The minimum absolute atomic E-state index is 0.0278. The normalized spacial score (nSPS) is 11.0. The largest absolute Gasteiger partial charge is 0.416 e. The molecular formula is C18H17ClF3N3O2. The third kappa shape index (κ3) is 6.49. The van der Waals surface area contributed by atoms with E-state index in [2.05, 4.69) is 16.0 Å². The van der Waals surface area contributed by atoms with Crippen molar-refractivity contribution in [3.8, 4) is 0 Å². The molecule has 0 aliphatic carbocycles. The second kappa shape index (κ2) is 8.77. The number of carbonyl (C=O) groups is 2. The van der Waals surface area contributed by atoms with Crippen molar-refractivity contribution in [3.05, 3.63) is 53.1 Å². The fraction of sp³-hybridized carbons (Fsp3) is 0.222. The van der Waals surface area contributed by atoms with Gasteiger partial charge in [0.05, 0.1) is 16.3 Å². The van der Waals surface area contributed by atoms with Crippen LogP contribution in [0.25, 0.3) is 0 Å². The van der Waals surface area contributed by atoms with E-state index in [0.717, 1.165) is 18.2 Å². The first-order valence-corrected chi connectivity index (χ1v) is 8.31. The lowest BCUT2D eigenvalue weighted by molar-refractivity contribution is -0.137. The van der Waals surface area contributed by atoms with E-state index in [1.165, 1.54) is 6.92 Å². The van der Waals surface area contributed by atoms with Crippen LogP contribution in [0.4, 0.5) is 30.2 Å². The van der Waals surface area contributed by atoms with E-state index in [4.69, 9.17) is 11.6 Å². The summed E-state index contributed by atoms with van der Waals surface area (Å²) < 4.78 is 38.2. The predicted molar refractivity (Wildman–Crippen MR) is 98.9 cm³/mol. The summed E-state index contributed by atoms with van der Waals surface area (Å²) in [6, 6.07) is 9.48. The fourth-order valence-electron chi connectivity index (χ4n) is 2.21. The molecule has 0 spiro atoms. The van der Waals surface area contributed by atoms with Gasteiger partial charge in [0, 0.05) is 31.3 Å². The summed E-state index contributed by atoms with van der Waals surface area (Å²) in [5, 5.41) is 8.13. The molecule has 9 heteroatoms. The first-order chi connectivity index (χ1) is 12.6. The Morgan fingerprint density at radius 1 is 1.00 bits per heavy atom. The molecule has 0 aliphatic rings. The van der Waals surface area contributed by atoms with Gasteiger partial charge in [-0.05, 0) is 42.5 Å². The second-order valence-electron chi connectivity index (χ2n) is 5.68. The monoisotopic (exact) mass is 399 g/mol. The van der Waals surface area contributed by atoms with Gasteiger partial charge in [-0.15, -0.1) is 0 Å². The van der Waals surface area contributed by atoms with E-state index in [-0.39, 0.29) is 35.5 Å². The number of rotatable bonds is 6. The molecule has 3 N–H and O–H groups in total. The van der Waals surface area contributed by atoms with Crippen LogP contribution in [0.3, 0.4) is 0 Å². The number of hydrogen-bond acceptors (Lipinski definition) is 3. The number of amides is 2. The van der Waals surface area contributed by atoms with E-state index in [0.29, 0.717) is 11.4 Å². The van der Waals surface area contributed by atoms with Crippen LogP contribution in [0.2, 0.25) is 5.02 Å². The lowest BCUT2D eigenvalue weighted by Crippen LogP contribution is -2.16. The van der Waals surface area contributed by atoms with Gasteiger partial charge >= 0.3 is 6.18 Å². The molecule has 5 nitrogen and oxygen atoms in total. The Hall–Kier alpha value is -2.74. The van der Waals surface area contributed by atoms with Crippen molar-refractivity contribution in [3.63, 3.8) is 0 Å². The average Bonchev–Trinajstić information content (AvgIpc) is 2.57. The molecule has 0 radical (unpaired) electrons. The second-order valence-corrected chi connectivity index (χ2v) is 6.08. The molecule has 2 aromatic carbocycles. The van der Waals surface area contributed by atoms with Crippen molar-refractivity contribution >= 4 is 40.5 Å². The molecule has 144 valence electrons. The molecule has 2 aromatic rings. The molecule has 0 aromatic heterocycles. The van der Waals surface area contributed by atoms with Gasteiger partial charge in [0.1, 0.15) is 0 Å². The smallest absolute Gasteiger partial charge is 0.383 e. The van der Waals surface area contributed by atoms with Crippen LogP contribution in [0.5, 0.6) is 0 Å². The van der Waals surface area contributed by atoms with Crippen molar-refractivity contribution in [1.82, 2.24) is 0 Å². The number of hydrogen-bond donors (Lipinski definition) is 3. The highest BCUT2D eigenvalue weighted by atomic mass is 35.5. The maximum Gasteiger partial charge on any atom is 0.416 e. The van der Waals surface area contributed by atoms with Gasteiger partial charge in [0.2, 0.25) is 11.8 Å². The molecule has 27 heavy (non-hydrogen) atoms. The number of nitrogens with one attached hydrogen (secondary N) is 3. The van der Waals surface area contributed by atoms with Crippen molar-refractivity contribution in [2.24, 2.45) is 0 Å². The molecule has 0 unspecified atom stereocenters. The minimum atomic E-state index is -4.47. The Labute approximate surface area is 158 Å².